The molecule has 0 aliphatic heterocycles. The number of nitrogens with one attached hydrogen (secondary N) is 1. The molecule has 0 radical (unpaired) electrons. The lowest BCUT2D eigenvalue weighted by Gasteiger charge is -2.12. The van der Waals surface area contributed by atoms with Gasteiger partial charge in [0, 0.05) is 11.1 Å². The molecule has 0 atom stereocenters. The summed E-state index contributed by atoms with van der Waals surface area (Å²) in [4.78, 5) is 11.9. The number of anilines is 1. The van der Waals surface area contributed by atoms with Crippen molar-refractivity contribution in [1.82, 2.24) is 0 Å². The summed E-state index contributed by atoms with van der Waals surface area (Å²) in [6.45, 7) is 2.23. The van der Waals surface area contributed by atoms with Crippen molar-refractivity contribution < 1.29 is 14.3 Å². The van der Waals surface area contributed by atoms with Crippen LogP contribution in [0.2, 0.25) is 5.02 Å². The van der Waals surface area contributed by atoms with Gasteiger partial charge >= 0.3 is 0 Å². The number of ether oxygens (including phenoxy) is 2. The van der Waals surface area contributed by atoms with E-state index in [4.69, 9.17) is 21.1 Å². The average molecular weight is 320 g/mol. The molecule has 0 heterocycles. The van der Waals surface area contributed by atoms with Crippen LogP contribution in [-0.2, 0) is 16.1 Å². The van der Waals surface area contributed by atoms with Gasteiger partial charge in [-0.2, -0.15) is 0 Å². The van der Waals surface area contributed by atoms with Gasteiger partial charge < -0.3 is 14.8 Å². The van der Waals surface area contributed by atoms with Gasteiger partial charge in [0.15, 0.2) is 0 Å². The molecule has 0 fully saturated rings. The van der Waals surface area contributed by atoms with Gasteiger partial charge in [-0.15, -0.1) is 0 Å². The molecule has 0 aliphatic rings. The van der Waals surface area contributed by atoms with Gasteiger partial charge in [-0.1, -0.05) is 41.9 Å². The third-order valence-electron chi connectivity index (χ3n) is 3.10. The Hall–Kier alpha value is -2.04. The number of carbonyl (C=O) groups excluding carboxylic acids is 1. The van der Waals surface area contributed by atoms with Gasteiger partial charge in [-0.05, 0) is 24.1 Å². The number of hydrogen-bond acceptors (Lipinski definition) is 3. The summed E-state index contributed by atoms with van der Waals surface area (Å²) in [5.41, 5.74) is 2.47. The zero-order valence-corrected chi connectivity index (χ0v) is 13.3. The number of aryl methyl sites for hydroxylation is 1. The fourth-order valence-corrected chi connectivity index (χ4v) is 2.11. The number of rotatable bonds is 6. The molecule has 0 aromatic heterocycles. The molecule has 2 aromatic carbocycles. The summed E-state index contributed by atoms with van der Waals surface area (Å²) in [5.74, 6) is 0.281. The standard InChI is InChI=1S/C17H18ClNO3/c1-12-8-15(16(21-2)9-14(12)18)19-17(20)11-22-10-13-6-4-3-5-7-13/h3-9H,10-11H2,1-2H3,(H,19,20). The van der Waals surface area contributed by atoms with Crippen LogP contribution in [0.25, 0.3) is 0 Å². The topological polar surface area (TPSA) is 47.6 Å². The first-order valence-corrected chi connectivity index (χ1v) is 7.23. The fourth-order valence-electron chi connectivity index (χ4n) is 1.95. The summed E-state index contributed by atoms with van der Waals surface area (Å²) >= 11 is 6.04. The van der Waals surface area contributed by atoms with E-state index in [0.717, 1.165) is 11.1 Å². The van der Waals surface area contributed by atoms with E-state index in [1.807, 2.05) is 37.3 Å². The Labute approximate surface area is 135 Å². The molecule has 2 rings (SSSR count). The van der Waals surface area contributed by atoms with Crippen molar-refractivity contribution in [3.63, 3.8) is 0 Å². The minimum Gasteiger partial charge on any atom is -0.495 e. The minimum atomic E-state index is -0.240. The van der Waals surface area contributed by atoms with E-state index in [-0.39, 0.29) is 12.5 Å². The van der Waals surface area contributed by atoms with Crippen molar-refractivity contribution >= 4 is 23.2 Å². The maximum Gasteiger partial charge on any atom is 0.250 e. The van der Waals surface area contributed by atoms with Crippen molar-refractivity contribution in [3.05, 3.63) is 58.6 Å². The lowest BCUT2D eigenvalue weighted by atomic mass is 10.2. The van der Waals surface area contributed by atoms with E-state index in [9.17, 15) is 4.79 Å². The molecule has 0 saturated heterocycles. The van der Waals surface area contributed by atoms with Crippen molar-refractivity contribution in [1.29, 1.82) is 0 Å². The average Bonchev–Trinajstić information content (AvgIpc) is 2.51. The maximum atomic E-state index is 11.9. The fraction of sp³-hybridized carbons (Fsp3) is 0.235. The van der Waals surface area contributed by atoms with E-state index in [0.29, 0.717) is 23.1 Å². The first-order chi connectivity index (χ1) is 10.6. The molecule has 0 bridgehead atoms. The van der Waals surface area contributed by atoms with Crippen LogP contribution in [0.15, 0.2) is 42.5 Å². The number of hydrogen-bond donors (Lipinski definition) is 1. The van der Waals surface area contributed by atoms with E-state index in [2.05, 4.69) is 5.32 Å². The Morgan fingerprint density at radius 2 is 1.95 bits per heavy atom. The Morgan fingerprint density at radius 3 is 2.64 bits per heavy atom. The van der Waals surface area contributed by atoms with Crippen molar-refractivity contribution in [2.75, 3.05) is 19.0 Å². The second kappa shape index (κ2) is 7.82. The van der Waals surface area contributed by atoms with Crippen LogP contribution in [0, 0.1) is 6.92 Å². The van der Waals surface area contributed by atoms with Gasteiger partial charge in [0.1, 0.15) is 12.4 Å². The predicted octanol–water partition coefficient (Wildman–Crippen LogP) is 3.81. The van der Waals surface area contributed by atoms with Gasteiger partial charge in [0.2, 0.25) is 5.91 Å². The molecular weight excluding hydrogens is 302 g/mol. The molecule has 0 aliphatic carbocycles. The second-order valence-electron chi connectivity index (χ2n) is 4.83. The molecule has 22 heavy (non-hydrogen) atoms. The highest BCUT2D eigenvalue weighted by atomic mass is 35.5. The van der Waals surface area contributed by atoms with Crippen LogP contribution in [0.5, 0.6) is 5.75 Å². The van der Waals surface area contributed by atoms with Gasteiger partial charge in [0.05, 0.1) is 19.4 Å². The first-order valence-electron chi connectivity index (χ1n) is 6.86. The van der Waals surface area contributed by atoms with Crippen LogP contribution < -0.4 is 10.1 Å². The quantitative estimate of drug-likeness (QED) is 0.880. The monoisotopic (exact) mass is 319 g/mol. The third kappa shape index (κ3) is 4.48. The highest BCUT2D eigenvalue weighted by Crippen LogP contribution is 2.30. The molecule has 1 amide bonds. The van der Waals surface area contributed by atoms with Crippen LogP contribution >= 0.6 is 11.6 Å². The zero-order chi connectivity index (χ0) is 15.9. The van der Waals surface area contributed by atoms with Crippen molar-refractivity contribution in [2.45, 2.75) is 13.5 Å². The van der Waals surface area contributed by atoms with Crippen LogP contribution in [0.4, 0.5) is 5.69 Å². The summed E-state index contributed by atoms with van der Waals surface area (Å²) in [6.07, 6.45) is 0. The summed E-state index contributed by atoms with van der Waals surface area (Å²) in [5, 5.41) is 3.36. The molecular formula is C17H18ClNO3. The molecule has 0 saturated carbocycles. The Morgan fingerprint density at radius 1 is 1.23 bits per heavy atom. The third-order valence-corrected chi connectivity index (χ3v) is 3.51. The van der Waals surface area contributed by atoms with E-state index in [1.165, 1.54) is 7.11 Å². The van der Waals surface area contributed by atoms with Crippen LogP contribution in [0.1, 0.15) is 11.1 Å². The Bertz CT molecular complexity index is 644. The maximum absolute atomic E-state index is 11.9. The number of carbonyl (C=O) groups is 1. The highest BCUT2D eigenvalue weighted by Gasteiger charge is 2.10. The number of amides is 1. The van der Waals surface area contributed by atoms with Gasteiger partial charge in [-0.25, -0.2) is 0 Å². The smallest absolute Gasteiger partial charge is 0.250 e. The molecule has 0 unspecified atom stereocenters. The lowest BCUT2D eigenvalue weighted by Crippen LogP contribution is -2.18. The SMILES string of the molecule is COc1cc(Cl)c(C)cc1NC(=O)COCc1ccccc1. The molecule has 2 aromatic rings. The normalized spacial score (nSPS) is 10.3. The van der Waals surface area contributed by atoms with Crippen LogP contribution in [-0.4, -0.2) is 19.6 Å². The largest absolute Gasteiger partial charge is 0.495 e. The molecule has 0 spiro atoms. The Kier molecular flexibility index (Phi) is 5.81. The van der Waals surface area contributed by atoms with Gasteiger partial charge in [0.25, 0.3) is 0 Å². The van der Waals surface area contributed by atoms with E-state index in [1.54, 1.807) is 12.1 Å². The summed E-state index contributed by atoms with van der Waals surface area (Å²) in [6, 6.07) is 13.1. The van der Waals surface area contributed by atoms with Crippen molar-refractivity contribution in [3.8, 4) is 5.75 Å². The number of methoxy groups -OCH3 is 1. The first kappa shape index (κ1) is 16.3. The Balaban J connectivity index is 1.90. The minimum absolute atomic E-state index is 0.0281. The second-order valence-corrected chi connectivity index (χ2v) is 5.24. The summed E-state index contributed by atoms with van der Waals surface area (Å²) < 4.78 is 10.6. The molecule has 5 heteroatoms. The predicted molar refractivity (Wildman–Crippen MR) is 87.5 cm³/mol. The number of benzene rings is 2. The van der Waals surface area contributed by atoms with E-state index >= 15 is 0 Å². The van der Waals surface area contributed by atoms with Crippen LogP contribution in [0.3, 0.4) is 0 Å². The molecule has 1 N–H and O–H groups in total. The van der Waals surface area contributed by atoms with E-state index < -0.39 is 0 Å². The zero-order valence-electron chi connectivity index (χ0n) is 12.6. The van der Waals surface area contributed by atoms with Gasteiger partial charge in [-0.3, -0.25) is 4.79 Å². The lowest BCUT2D eigenvalue weighted by molar-refractivity contribution is -0.121. The van der Waals surface area contributed by atoms with Crippen molar-refractivity contribution in [2.24, 2.45) is 0 Å². The number of halogens is 1. The summed E-state index contributed by atoms with van der Waals surface area (Å²) in [7, 11) is 1.53. The molecule has 116 valence electrons. The highest BCUT2D eigenvalue weighted by molar-refractivity contribution is 6.31. The molecule has 4 nitrogen and oxygen atoms in total.